The molecule has 0 aliphatic heterocycles. The van der Waals surface area contributed by atoms with E-state index < -0.39 is 0 Å². The molecule has 0 aliphatic carbocycles. The summed E-state index contributed by atoms with van der Waals surface area (Å²) in [5, 5.41) is 1.28. The lowest BCUT2D eigenvalue weighted by Crippen LogP contribution is -1.95. The molecule has 0 aromatic carbocycles. The van der Waals surface area contributed by atoms with Gasteiger partial charge in [-0.1, -0.05) is 0 Å². The molecule has 0 aliphatic rings. The summed E-state index contributed by atoms with van der Waals surface area (Å²) in [6.07, 6.45) is 1.59. The van der Waals surface area contributed by atoms with Crippen LogP contribution in [0, 0.1) is 6.92 Å². The molecule has 5 nitrogen and oxygen atoms in total. The molecule has 2 rings (SSSR count). The SMILES string of the molecule is COc1nc(Sc2nc(C)co2)ccc1N. The molecule has 84 valence electrons. The van der Waals surface area contributed by atoms with Gasteiger partial charge in [-0.3, -0.25) is 0 Å². The first-order chi connectivity index (χ1) is 7.69. The lowest BCUT2D eigenvalue weighted by molar-refractivity contribution is 0.396. The molecule has 0 bridgehead atoms. The summed E-state index contributed by atoms with van der Waals surface area (Å²) < 4.78 is 10.2. The summed E-state index contributed by atoms with van der Waals surface area (Å²) in [5.41, 5.74) is 7.01. The number of pyridine rings is 1. The van der Waals surface area contributed by atoms with Gasteiger partial charge in [-0.15, -0.1) is 0 Å². The third-order valence-corrected chi connectivity index (χ3v) is 2.65. The van der Waals surface area contributed by atoms with Crippen molar-refractivity contribution in [2.45, 2.75) is 17.2 Å². The Morgan fingerprint density at radius 2 is 2.19 bits per heavy atom. The number of anilines is 1. The molecule has 0 radical (unpaired) electrons. The fourth-order valence-electron chi connectivity index (χ4n) is 1.12. The van der Waals surface area contributed by atoms with Gasteiger partial charge in [0.25, 0.3) is 5.22 Å². The van der Waals surface area contributed by atoms with Gasteiger partial charge in [-0.25, -0.2) is 9.97 Å². The summed E-state index contributed by atoms with van der Waals surface area (Å²) in [6, 6.07) is 3.53. The molecular weight excluding hydrogens is 226 g/mol. The van der Waals surface area contributed by atoms with Gasteiger partial charge in [0.15, 0.2) is 0 Å². The number of methoxy groups -OCH3 is 1. The second-order valence-electron chi connectivity index (χ2n) is 3.10. The molecule has 2 aromatic rings. The second-order valence-corrected chi connectivity index (χ2v) is 4.08. The van der Waals surface area contributed by atoms with Crippen LogP contribution in [0.25, 0.3) is 0 Å². The molecule has 0 saturated heterocycles. The van der Waals surface area contributed by atoms with Crippen molar-refractivity contribution >= 4 is 17.4 Å². The van der Waals surface area contributed by atoms with Crippen LogP contribution in [0.4, 0.5) is 5.69 Å². The molecule has 0 spiro atoms. The quantitative estimate of drug-likeness (QED) is 0.881. The monoisotopic (exact) mass is 237 g/mol. The van der Waals surface area contributed by atoms with Gasteiger partial charge in [0.1, 0.15) is 11.3 Å². The fourth-order valence-corrected chi connectivity index (χ4v) is 1.85. The maximum absolute atomic E-state index is 5.66. The zero-order chi connectivity index (χ0) is 11.5. The van der Waals surface area contributed by atoms with Crippen molar-refractivity contribution in [2.75, 3.05) is 12.8 Å². The van der Waals surface area contributed by atoms with E-state index in [1.165, 1.54) is 18.9 Å². The van der Waals surface area contributed by atoms with Crippen LogP contribution in [0.5, 0.6) is 5.88 Å². The van der Waals surface area contributed by atoms with Crippen LogP contribution in [0.2, 0.25) is 0 Å². The minimum absolute atomic E-state index is 0.410. The summed E-state index contributed by atoms with van der Waals surface area (Å²) in [5.74, 6) is 0.410. The minimum Gasteiger partial charge on any atom is -0.480 e. The van der Waals surface area contributed by atoms with Gasteiger partial charge in [-0.05, 0) is 30.8 Å². The molecule has 16 heavy (non-hydrogen) atoms. The van der Waals surface area contributed by atoms with E-state index in [0.29, 0.717) is 16.8 Å². The van der Waals surface area contributed by atoms with Crippen molar-refractivity contribution in [3.8, 4) is 5.88 Å². The first-order valence-electron chi connectivity index (χ1n) is 4.59. The summed E-state index contributed by atoms with van der Waals surface area (Å²) in [6.45, 7) is 1.87. The standard InChI is InChI=1S/C10H11N3O2S/c1-6-5-15-10(12-6)16-8-4-3-7(11)9(13-8)14-2/h3-5H,11H2,1-2H3. The van der Waals surface area contributed by atoms with Gasteiger partial charge in [0.2, 0.25) is 5.88 Å². The highest BCUT2D eigenvalue weighted by Crippen LogP contribution is 2.28. The average molecular weight is 237 g/mol. The smallest absolute Gasteiger partial charge is 0.262 e. The number of nitrogen functional groups attached to an aromatic ring is 1. The molecule has 0 saturated carbocycles. The van der Waals surface area contributed by atoms with Gasteiger partial charge >= 0.3 is 0 Å². The van der Waals surface area contributed by atoms with E-state index in [-0.39, 0.29) is 0 Å². The predicted molar refractivity (Wildman–Crippen MR) is 60.6 cm³/mol. The van der Waals surface area contributed by atoms with E-state index in [9.17, 15) is 0 Å². The third kappa shape index (κ3) is 2.27. The Bertz CT molecular complexity index is 499. The molecule has 2 N–H and O–H groups in total. The number of nitrogens with two attached hydrogens (primary N) is 1. The first kappa shape index (κ1) is 10.8. The van der Waals surface area contributed by atoms with E-state index in [4.69, 9.17) is 14.9 Å². The molecule has 2 heterocycles. The topological polar surface area (TPSA) is 74.2 Å². The van der Waals surface area contributed by atoms with E-state index in [1.807, 2.05) is 6.92 Å². The van der Waals surface area contributed by atoms with Crippen molar-refractivity contribution in [3.63, 3.8) is 0 Å². The summed E-state index contributed by atoms with van der Waals surface area (Å²) in [4.78, 5) is 8.38. The van der Waals surface area contributed by atoms with E-state index >= 15 is 0 Å². The Morgan fingerprint density at radius 1 is 1.38 bits per heavy atom. The third-order valence-electron chi connectivity index (χ3n) is 1.85. The van der Waals surface area contributed by atoms with Gasteiger partial charge in [0, 0.05) is 0 Å². The van der Waals surface area contributed by atoms with Crippen LogP contribution < -0.4 is 10.5 Å². The zero-order valence-electron chi connectivity index (χ0n) is 8.93. The normalized spacial score (nSPS) is 10.4. The number of aryl methyl sites for hydroxylation is 1. The number of nitrogens with zero attached hydrogens (tertiary/aromatic N) is 2. The van der Waals surface area contributed by atoms with Gasteiger partial charge in [-0.2, -0.15) is 0 Å². The Kier molecular flexibility index (Phi) is 3.00. The Labute approximate surface area is 97.0 Å². The molecule has 0 amide bonds. The number of hydrogen-bond donors (Lipinski definition) is 1. The first-order valence-corrected chi connectivity index (χ1v) is 5.41. The molecule has 6 heteroatoms. The highest BCUT2D eigenvalue weighted by molar-refractivity contribution is 7.99. The lowest BCUT2D eigenvalue weighted by Gasteiger charge is -2.03. The predicted octanol–water partition coefficient (Wildman–Crippen LogP) is 2.12. The van der Waals surface area contributed by atoms with Crippen LogP contribution in [0.3, 0.4) is 0 Å². The average Bonchev–Trinajstić information content (AvgIpc) is 2.67. The van der Waals surface area contributed by atoms with E-state index in [0.717, 1.165) is 10.7 Å². The van der Waals surface area contributed by atoms with Crippen molar-refractivity contribution in [2.24, 2.45) is 0 Å². The minimum atomic E-state index is 0.410. The van der Waals surface area contributed by atoms with Crippen molar-refractivity contribution in [3.05, 3.63) is 24.1 Å². The van der Waals surface area contributed by atoms with Crippen LogP contribution in [0.15, 0.2) is 33.1 Å². The van der Waals surface area contributed by atoms with Crippen LogP contribution in [0.1, 0.15) is 5.69 Å². The van der Waals surface area contributed by atoms with Crippen LogP contribution >= 0.6 is 11.8 Å². The molecular formula is C10H11N3O2S. The van der Waals surface area contributed by atoms with Crippen LogP contribution in [-0.2, 0) is 0 Å². The Morgan fingerprint density at radius 3 is 2.81 bits per heavy atom. The van der Waals surface area contributed by atoms with Crippen molar-refractivity contribution in [1.29, 1.82) is 0 Å². The van der Waals surface area contributed by atoms with Crippen molar-refractivity contribution < 1.29 is 9.15 Å². The number of oxazole rings is 1. The van der Waals surface area contributed by atoms with Crippen molar-refractivity contribution in [1.82, 2.24) is 9.97 Å². The fraction of sp³-hybridized carbons (Fsp3) is 0.200. The number of aromatic nitrogens is 2. The zero-order valence-corrected chi connectivity index (χ0v) is 9.75. The Balaban J connectivity index is 2.21. The number of rotatable bonds is 3. The van der Waals surface area contributed by atoms with E-state index in [1.54, 1.807) is 18.4 Å². The summed E-state index contributed by atoms with van der Waals surface area (Å²) >= 11 is 1.32. The number of ether oxygens (including phenoxy) is 1. The summed E-state index contributed by atoms with van der Waals surface area (Å²) in [7, 11) is 1.53. The lowest BCUT2D eigenvalue weighted by atomic mass is 10.4. The van der Waals surface area contributed by atoms with E-state index in [2.05, 4.69) is 9.97 Å². The highest BCUT2D eigenvalue weighted by Gasteiger charge is 2.07. The second kappa shape index (κ2) is 4.44. The van der Waals surface area contributed by atoms with Gasteiger partial charge in [0.05, 0.1) is 18.5 Å². The largest absolute Gasteiger partial charge is 0.480 e. The molecule has 0 unspecified atom stereocenters. The maximum Gasteiger partial charge on any atom is 0.262 e. The van der Waals surface area contributed by atoms with Gasteiger partial charge < -0.3 is 14.9 Å². The molecule has 0 fully saturated rings. The molecule has 0 atom stereocenters. The number of hydrogen-bond acceptors (Lipinski definition) is 6. The van der Waals surface area contributed by atoms with Crippen LogP contribution in [-0.4, -0.2) is 17.1 Å². The highest BCUT2D eigenvalue weighted by atomic mass is 32.2. The molecule has 2 aromatic heterocycles. The maximum atomic E-state index is 5.66. The Hall–Kier alpha value is -1.69.